The highest BCUT2D eigenvalue weighted by Gasteiger charge is 2.42. The maximum atomic E-state index is 10.1. The van der Waals surface area contributed by atoms with Gasteiger partial charge < -0.3 is 20.2 Å². The second-order valence-electron chi connectivity index (χ2n) is 7.21. The number of rotatable bonds is 3. The van der Waals surface area contributed by atoms with Gasteiger partial charge in [0.1, 0.15) is 5.82 Å². The smallest absolute Gasteiger partial charge is 0.270 e. The van der Waals surface area contributed by atoms with Crippen LogP contribution in [0.1, 0.15) is 15.7 Å². The molecular weight excluding hydrogens is 344 g/mol. The van der Waals surface area contributed by atoms with E-state index in [2.05, 4.69) is 25.1 Å². The van der Waals surface area contributed by atoms with Crippen molar-refractivity contribution in [1.82, 2.24) is 20.2 Å². The van der Waals surface area contributed by atoms with E-state index in [1.165, 1.54) is 0 Å². The van der Waals surface area contributed by atoms with Gasteiger partial charge in [-0.1, -0.05) is 18.2 Å². The number of benzene rings is 1. The van der Waals surface area contributed by atoms with Crippen LogP contribution in [-0.2, 0) is 0 Å². The first kappa shape index (κ1) is 16.2. The first-order valence-electron chi connectivity index (χ1n) is 9.14. The topological polar surface area (TPSA) is 114 Å². The molecule has 2 aliphatic rings. The number of aromatic nitrogens is 4. The summed E-state index contributed by atoms with van der Waals surface area (Å²) in [6.45, 7) is 1.65. The van der Waals surface area contributed by atoms with Crippen LogP contribution in [0.4, 0.5) is 11.6 Å². The summed E-state index contributed by atoms with van der Waals surface area (Å²) >= 11 is 0. The lowest BCUT2D eigenvalue weighted by molar-refractivity contribution is 0.133. The van der Waals surface area contributed by atoms with Gasteiger partial charge in [-0.05, 0) is 30.9 Å². The van der Waals surface area contributed by atoms with E-state index in [1.54, 1.807) is 6.20 Å². The van der Waals surface area contributed by atoms with Crippen LogP contribution >= 0.6 is 0 Å². The fourth-order valence-corrected chi connectivity index (χ4v) is 4.14. The van der Waals surface area contributed by atoms with Gasteiger partial charge in [0.2, 0.25) is 5.89 Å². The fraction of sp³-hybridized carbons (Fsp3) is 0.368. The summed E-state index contributed by atoms with van der Waals surface area (Å²) in [6, 6.07) is 9.55. The van der Waals surface area contributed by atoms with Crippen molar-refractivity contribution in [2.75, 3.05) is 23.7 Å². The quantitative estimate of drug-likeness (QED) is 0.725. The molecule has 2 aromatic heterocycles. The van der Waals surface area contributed by atoms with Gasteiger partial charge in [0, 0.05) is 27.4 Å². The van der Waals surface area contributed by atoms with Crippen molar-refractivity contribution in [3.63, 3.8) is 0 Å². The van der Waals surface area contributed by atoms with E-state index in [9.17, 15) is 5.11 Å². The molecule has 1 saturated carbocycles. The van der Waals surface area contributed by atoms with Crippen LogP contribution in [0.2, 0.25) is 0 Å². The lowest BCUT2D eigenvalue weighted by Gasteiger charge is -2.19. The van der Waals surface area contributed by atoms with Gasteiger partial charge in [-0.15, -0.1) is 10.2 Å². The molecule has 8 heteroatoms. The zero-order valence-corrected chi connectivity index (χ0v) is 14.7. The Hall–Kier alpha value is -3.00. The maximum Gasteiger partial charge on any atom is 0.270 e. The number of aliphatic hydroxyl groups excluding tert-OH is 1. The first-order valence-corrected chi connectivity index (χ1v) is 9.14. The zero-order valence-electron chi connectivity index (χ0n) is 14.7. The van der Waals surface area contributed by atoms with Gasteiger partial charge in [-0.3, -0.25) is 0 Å². The summed E-state index contributed by atoms with van der Waals surface area (Å²) in [5, 5.41) is 18.3. The summed E-state index contributed by atoms with van der Waals surface area (Å²) < 4.78 is 5.78. The van der Waals surface area contributed by atoms with Crippen molar-refractivity contribution in [1.29, 1.82) is 0 Å². The third-order valence-electron chi connectivity index (χ3n) is 5.58. The van der Waals surface area contributed by atoms with Gasteiger partial charge >= 0.3 is 0 Å². The molecule has 1 unspecified atom stereocenters. The number of anilines is 2. The minimum absolute atomic E-state index is 0. The van der Waals surface area contributed by atoms with E-state index in [1.807, 2.05) is 30.3 Å². The molecule has 3 atom stereocenters. The molecule has 1 saturated heterocycles. The third kappa shape index (κ3) is 2.82. The van der Waals surface area contributed by atoms with E-state index in [0.29, 0.717) is 23.4 Å². The molecule has 0 bridgehead atoms. The van der Waals surface area contributed by atoms with Gasteiger partial charge in [-0.25, -0.2) is 9.97 Å². The average molecular weight is 368 g/mol. The highest BCUT2D eigenvalue weighted by molar-refractivity contribution is 5.65. The molecule has 1 aromatic carbocycles. The van der Waals surface area contributed by atoms with Crippen molar-refractivity contribution in [3.05, 3.63) is 36.5 Å². The van der Waals surface area contributed by atoms with E-state index in [-0.39, 0.29) is 20.7 Å². The average Bonchev–Trinajstić information content (AvgIpc) is 3.41. The van der Waals surface area contributed by atoms with Crippen LogP contribution in [0.3, 0.4) is 0 Å². The van der Waals surface area contributed by atoms with Gasteiger partial charge in [0.15, 0.2) is 11.5 Å². The second kappa shape index (κ2) is 6.31. The van der Waals surface area contributed by atoms with Crippen molar-refractivity contribution < 1.29 is 12.4 Å². The van der Waals surface area contributed by atoms with Crippen molar-refractivity contribution in [2.24, 2.45) is 11.8 Å². The Balaban J connectivity index is 0.00000120. The van der Waals surface area contributed by atoms with Crippen LogP contribution in [0, 0.1) is 11.8 Å². The predicted molar refractivity (Wildman–Crippen MR) is 104 cm³/mol. The molecule has 3 heterocycles. The van der Waals surface area contributed by atoms with E-state index in [0.717, 1.165) is 37.3 Å². The minimum atomic E-state index is -0.217. The summed E-state index contributed by atoms with van der Waals surface area (Å²) in [5.74, 6) is 2.45. The molecular formula is C19H24N6O2. The minimum Gasteiger partial charge on any atom is -0.414 e. The largest absolute Gasteiger partial charge is 0.414 e. The zero-order chi connectivity index (χ0) is 18.4. The van der Waals surface area contributed by atoms with E-state index >= 15 is 0 Å². The highest BCUT2D eigenvalue weighted by Crippen LogP contribution is 2.39. The number of hydrogen-bond donors (Lipinski definition) is 2. The number of aliphatic hydroxyl groups is 1. The molecule has 0 spiro atoms. The van der Waals surface area contributed by atoms with Crippen LogP contribution in [0.5, 0.6) is 0 Å². The molecule has 142 valence electrons. The summed E-state index contributed by atoms with van der Waals surface area (Å²) in [4.78, 5) is 11.1. The Labute approximate surface area is 159 Å². The van der Waals surface area contributed by atoms with Crippen LogP contribution in [-0.4, -0.2) is 44.5 Å². The number of nitrogens with zero attached hydrogens (tertiary/aromatic N) is 5. The molecule has 0 amide bonds. The maximum absolute atomic E-state index is 10.1. The van der Waals surface area contributed by atoms with Crippen LogP contribution in [0.25, 0.3) is 23.0 Å². The molecule has 2 fully saturated rings. The Morgan fingerprint density at radius 3 is 2.74 bits per heavy atom. The van der Waals surface area contributed by atoms with Gasteiger partial charge in [-0.2, -0.15) is 0 Å². The normalized spacial score (nSPS) is 24.3. The number of nitrogens with two attached hydrogens (primary N) is 1. The number of fused-ring (bicyclic) bond motifs is 1. The van der Waals surface area contributed by atoms with E-state index in [4.69, 9.17) is 10.2 Å². The molecule has 1 aliphatic carbocycles. The predicted octanol–water partition coefficient (Wildman–Crippen LogP) is 2.47. The Kier molecular flexibility index (Phi) is 3.78. The summed E-state index contributed by atoms with van der Waals surface area (Å²) in [7, 11) is 0. The number of hydrogen-bond acceptors (Lipinski definition) is 8. The lowest BCUT2D eigenvalue weighted by atomic mass is 10.00. The van der Waals surface area contributed by atoms with Crippen molar-refractivity contribution >= 4 is 11.6 Å². The fourth-order valence-electron chi connectivity index (χ4n) is 4.14. The van der Waals surface area contributed by atoms with Crippen LogP contribution in [0.15, 0.2) is 40.9 Å². The Bertz CT molecular complexity index is 970. The molecule has 5 rings (SSSR count). The first-order chi connectivity index (χ1) is 13.2. The van der Waals surface area contributed by atoms with Crippen LogP contribution < -0.4 is 10.6 Å². The second-order valence-corrected chi connectivity index (χ2v) is 7.21. The Morgan fingerprint density at radius 2 is 1.93 bits per heavy atom. The van der Waals surface area contributed by atoms with Crippen molar-refractivity contribution in [2.45, 2.75) is 18.9 Å². The summed E-state index contributed by atoms with van der Waals surface area (Å²) in [5.41, 5.74) is 7.24. The monoisotopic (exact) mass is 368 g/mol. The summed E-state index contributed by atoms with van der Waals surface area (Å²) in [6.07, 6.45) is 3.40. The molecule has 3 aromatic rings. The third-order valence-corrected chi connectivity index (χ3v) is 5.58. The SMILES string of the molecule is Nc1ncc(N2C[C@H]3CCC(O)[C@@H]3C2)nc1-c1nnc(-c2ccccc2)o1.[HH].[HH]. The standard InChI is InChI=1S/C19H20N6O2.2H2/c20-17-16(19-24-23-18(27-19)11-4-2-1-3-5-11)22-15(8-21-17)25-9-12-6-7-14(26)13(12)10-25;;/h1-5,8,12-14,26H,6-7,9-10H2,(H2,20,21);2*1H/t12-,13-,14?;;/m1../s1. The van der Waals surface area contributed by atoms with E-state index < -0.39 is 0 Å². The molecule has 0 radical (unpaired) electrons. The molecule has 8 nitrogen and oxygen atoms in total. The molecule has 3 N–H and O–H groups in total. The molecule has 27 heavy (non-hydrogen) atoms. The van der Waals surface area contributed by atoms with Gasteiger partial charge in [0.05, 0.1) is 12.3 Å². The highest BCUT2D eigenvalue weighted by atomic mass is 16.4. The van der Waals surface area contributed by atoms with Crippen molar-refractivity contribution in [3.8, 4) is 23.0 Å². The molecule has 1 aliphatic heterocycles. The number of nitrogen functional groups attached to an aromatic ring is 1. The Morgan fingerprint density at radius 1 is 1.11 bits per heavy atom. The lowest BCUT2D eigenvalue weighted by Crippen LogP contribution is -2.25. The van der Waals surface area contributed by atoms with Gasteiger partial charge in [0.25, 0.3) is 5.89 Å².